The van der Waals surface area contributed by atoms with Crippen LogP contribution in [-0.2, 0) is 4.79 Å². The van der Waals surface area contributed by atoms with Crippen molar-refractivity contribution in [2.24, 2.45) is 0 Å². The highest BCUT2D eigenvalue weighted by molar-refractivity contribution is 5.94. The molecular formula is C20H23FN3O3+. The van der Waals surface area contributed by atoms with Crippen molar-refractivity contribution in [1.29, 1.82) is 0 Å². The summed E-state index contributed by atoms with van der Waals surface area (Å²) in [5.74, 6) is 1.10. The number of nitrogens with zero attached hydrogens (tertiary/aromatic N) is 1. The number of amides is 1. The van der Waals surface area contributed by atoms with Crippen molar-refractivity contribution in [1.82, 2.24) is 0 Å². The predicted molar refractivity (Wildman–Crippen MR) is 100.0 cm³/mol. The second-order valence-corrected chi connectivity index (χ2v) is 6.88. The third-order valence-electron chi connectivity index (χ3n) is 5.24. The predicted octanol–water partition coefficient (Wildman–Crippen LogP) is 1.29. The van der Waals surface area contributed by atoms with Crippen LogP contribution in [0.3, 0.4) is 0 Å². The minimum absolute atomic E-state index is 0.0387. The van der Waals surface area contributed by atoms with E-state index in [9.17, 15) is 9.18 Å². The van der Waals surface area contributed by atoms with E-state index in [2.05, 4.69) is 5.32 Å². The maximum atomic E-state index is 14.0. The summed E-state index contributed by atoms with van der Waals surface area (Å²) in [5, 5.41) is 2.95. The number of para-hydroxylation sites is 1. The highest BCUT2D eigenvalue weighted by atomic mass is 19.1. The van der Waals surface area contributed by atoms with Gasteiger partial charge in [0.1, 0.15) is 5.82 Å². The minimum atomic E-state index is -0.199. The molecule has 142 valence electrons. The van der Waals surface area contributed by atoms with E-state index >= 15 is 0 Å². The van der Waals surface area contributed by atoms with Crippen LogP contribution in [0.15, 0.2) is 42.5 Å². The molecule has 7 heteroatoms. The molecule has 0 aliphatic carbocycles. The van der Waals surface area contributed by atoms with Gasteiger partial charge in [0.15, 0.2) is 17.5 Å². The Kier molecular flexibility index (Phi) is 4.85. The third kappa shape index (κ3) is 3.68. The summed E-state index contributed by atoms with van der Waals surface area (Å²) in [6.45, 7) is 5.14. The first-order valence-corrected chi connectivity index (χ1v) is 9.16. The lowest BCUT2D eigenvalue weighted by Gasteiger charge is -2.36. The van der Waals surface area contributed by atoms with Crippen molar-refractivity contribution >= 4 is 17.3 Å². The molecule has 1 atom stereocenters. The Hall–Kier alpha value is -2.80. The van der Waals surface area contributed by atoms with Crippen LogP contribution in [0.5, 0.6) is 11.5 Å². The first kappa shape index (κ1) is 17.6. The number of carbonyl (C=O) groups is 1. The van der Waals surface area contributed by atoms with Crippen molar-refractivity contribution in [3.63, 3.8) is 0 Å². The first-order chi connectivity index (χ1) is 13.1. The zero-order valence-corrected chi connectivity index (χ0v) is 15.2. The molecule has 2 heterocycles. The summed E-state index contributed by atoms with van der Waals surface area (Å²) in [4.78, 5) is 15.9. The van der Waals surface area contributed by atoms with Crippen LogP contribution in [-0.4, -0.2) is 44.9 Å². The summed E-state index contributed by atoms with van der Waals surface area (Å²) >= 11 is 0. The molecule has 1 fully saturated rings. The maximum Gasteiger partial charge on any atom is 0.282 e. The zero-order chi connectivity index (χ0) is 18.8. The van der Waals surface area contributed by atoms with Gasteiger partial charge in [-0.1, -0.05) is 12.1 Å². The second kappa shape index (κ2) is 7.44. The second-order valence-electron chi connectivity index (χ2n) is 6.88. The van der Waals surface area contributed by atoms with Crippen molar-refractivity contribution in [3.8, 4) is 11.5 Å². The van der Waals surface area contributed by atoms with Gasteiger partial charge in [-0.05, 0) is 31.2 Å². The summed E-state index contributed by atoms with van der Waals surface area (Å²) in [6.07, 6.45) is 0. The summed E-state index contributed by atoms with van der Waals surface area (Å²) in [5.41, 5.74) is 1.33. The lowest BCUT2D eigenvalue weighted by molar-refractivity contribution is -0.914. The Balaban J connectivity index is 1.34. The van der Waals surface area contributed by atoms with Crippen LogP contribution in [0.25, 0.3) is 0 Å². The Morgan fingerprint density at radius 2 is 1.89 bits per heavy atom. The van der Waals surface area contributed by atoms with Gasteiger partial charge in [0.2, 0.25) is 6.79 Å². The van der Waals surface area contributed by atoms with Crippen LogP contribution < -0.4 is 24.6 Å². The lowest BCUT2D eigenvalue weighted by Crippen LogP contribution is -3.19. The lowest BCUT2D eigenvalue weighted by atomic mass is 10.2. The average molecular weight is 372 g/mol. The summed E-state index contributed by atoms with van der Waals surface area (Å²) in [6, 6.07) is 12.0. The van der Waals surface area contributed by atoms with Gasteiger partial charge in [0.25, 0.3) is 5.91 Å². The number of fused-ring (bicyclic) bond motifs is 1. The first-order valence-electron chi connectivity index (χ1n) is 9.16. The molecule has 0 bridgehead atoms. The molecule has 0 radical (unpaired) electrons. The number of ether oxygens (including phenoxy) is 2. The Bertz CT molecular complexity index is 837. The van der Waals surface area contributed by atoms with Gasteiger partial charge in [-0.3, -0.25) is 4.79 Å². The minimum Gasteiger partial charge on any atom is -0.454 e. The number of piperazine rings is 1. The number of carbonyl (C=O) groups excluding carboxylic acids is 1. The molecule has 1 amide bonds. The molecule has 1 saturated heterocycles. The molecule has 2 aromatic rings. The van der Waals surface area contributed by atoms with Gasteiger partial charge in [0.05, 0.1) is 31.9 Å². The smallest absolute Gasteiger partial charge is 0.282 e. The topological polar surface area (TPSA) is 55.2 Å². The Labute approximate surface area is 157 Å². The van der Waals surface area contributed by atoms with E-state index in [1.807, 2.05) is 24.0 Å². The number of rotatable bonds is 4. The largest absolute Gasteiger partial charge is 0.454 e. The van der Waals surface area contributed by atoms with Gasteiger partial charge in [-0.25, -0.2) is 4.39 Å². The fraction of sp³-hybridized carbons (Fsp3) is 0.350. The zero-order valence-electron chi connectivity index (χ0n) is 15.2. The molecule has 2 aliphatic heterocycles. The van der Waals surface area contributed by atoms with Gasteiger partial charge in [-0.2, -0.15) is 0 Å². The molecule has 0 unspecified atom stereocenters. The van der Waals surface area contributed by atoms with Crippen molar-refractivity contribution in [2.45, 2.75) is 13.0 Å². The van der Waals surface area contributed by atoms with E-state index in [-0.39, 0.29) is 24.6 Å². The number of hydrogen-bond donors (Lipinski definition) is 2. The number of hydrogen-bond acceptors (Lipinski definition) is 4. The number of benzene rings is 2. The van der Waals surface area contributed by atoms with Crippen molar-refractivity contribution in [3.05, 3.63) is 48.3 Å². The van der Waals surface area contributed by atoms with E-state index < -0.39 is 0 Å². The molecule has 4 rings (SSSR count). The Morgan fingerprint density at radius 3 is 2.67 bits per heavy atom. The molecule has 6 nitrogen and oxygen atoms in total. The van der Waals surface area contributed by atoms with Crippen LogP contribution >= 0.6 is 0 Å². The number of halogens is 1. The fourth-order valence-corrected chi connectivity index (χ4v) is 3.59. The highest BCUT2D eigenvalue weighted by Gasteiger charge is 2.30. The molecule has 0 spiro atoms. The fourth-order valence-electron chi connectivity index (χ4n) is 3.59. The average Bonchev–Trinajstić information content (AvgIpc) is 3.16. The number of quaternary nitrogens is 1. The van der Waals surface area contributed by atoms with E-state index in [1.165, 1.54) is 11.0 Å². The maximum absolute atomic E-state index is 14.0. The number of nitrogens with one attached hydrogen (secondary N) is 2. The Morgan fingerprint density at radius 1 is 1.15 bits per heavy atom. The van der Waals surface area contributed by atoms with E-state index in [0.717, 1.165) is 26.2 Å². The van der Waals surface area contributed by atoms with Crippen molar-refractivity contribution < 1.29 is 23.6 Å². The van der Waals surface area contributed by atoms with E-state index in [1.54, 1.807) is 24.3 Å². The molecular weight excluding hydrogens is 349 g/mol. The standard InChI is InChI=1S/C20H22FN3O3/c1-14(20(25)22-15-6-7-18-19(12-15)27-13-26-18)23-8-10-24(11-9-23)17-5-3-2-4-16(17)21/h2-7,12,14H,8-11,13H2,1H3,(H,22,25)/p+1/t14-/m0/s1. The molecule has 2 aliphatic rings. The quantitative estimate of drug-likeness (QED) is 0.849. The molecule has 2 N–H and O–H groups in total. The van der Waals surface area contributed by atoms with E-state index in [0.29, 0.717) is 22.9 Å². The van der Waals surface area contributed by atoms with Gasteiger partial charge >= 0.3 is 0 Å². The summed E-state index contributed by atoms with van der Waals surface area (Å²) in [7, 11) is 0. The van der Waals surface area contributed by atoms with Gasteiger partial charge in [0, 0.05) is 11.8 Å². The molecule has 0 aromatic heterocycles. The monoisotopic (exact) mass is 372 g/mol. The van der Waals surface area contributed by atoms with Gasteiger partial charge in [-0.15, -0.1) is 0 Å². The van der Waals surface area contributed by atoms with Gasteiger partial charge < -0.3 is 24.6 Å². The van der Waals surface area contributed by atoms with Crippen LogP contribution in [0.2, 0.25) is 0 Å². The van der Waals surface area contributed by atoms with Crippen molar-refractivity contribution in [2.75, 3.05) is 43.2 Å². The molecule has 0 saturated carbocycles. The van der Waals surface area contributed by atoms with Crippen LogP contribution in [0.4, 0.5) is 15.8 Å². The van der Waals surface area contributed by atoms with Crippen LogP contribution in [0, 0.1) is 5.82 Å². The third-order valence-corrected chi connectivity index (χ3v) is 5.24. The number of anilines is 2. The SMILES string of the molecule is C[C@@H](C(=O)Nc1ccc2c(c1)OCO2)[NH+]1CCN(c2ccccc2F)CC1. The highest BCUT2D eigenvalue weighted by Crippen LogP contribution is 2.34. The molecule has 2 aromatic carbocycles. The molecule has 27 heavy (non-hydrogen) atoms. The summed E-state index contributed by atoms with van der Waals surface area (Å²) < 4.78 is 24.6. The van der Waals surface area contributed by atoms with E-state index in [4.69, 9.17) is 9.47 Å². The normalized spacial score (nSPS) is 17.6. The van der Waals surface area contributed by atoms with Crippen LogP contribution in [0.1, 0.15) is 6.92 Å².